The van der Waals surface area contributed by atoms with Crippen molar-refractivity contribution in [1.29, 1.82) is 0 Å². The highest BCUT2D eigenvalue weighted by molar-refractivity contribution is 5.84. The highest BCUT2D eigenvalue weighted by Crippen LogP contribution is 2.26. The molecule has 3 unspecified atom stereocenters. The van der Waals surface area contributed by atoms with E-state index < -0.39 is 29.9 Å². The first-order valence-corrected chi connectivity index (χ1v) is 6.86. The lowest BCUT2D eigenvalue weighted by molar-refractivity contribution is -0.162. The van der Waals surface area contributed by atoms with Gasteiger partial charge in [0, 0.05) is 19.7 Å². The molecule has 112 valence electrons. The van der Waals surface area contributed by atoms with E-state index in [1.54, 1.807) is 0 Å². The van der Waals surface area contributed by atoms with E-state index in [0.717, 1.165) is 12.8 Å². The number of hydrogen-bond donors (Lipinski definition) is 2. The van der Waals surface area contributed by atoms with Gasteiger partial charge in [0.2, 0.25) is 0 Å². The van der Waals surface area contributed by atoms with Crippen molar-refractivity contribution in [2.75, 3.05) is 19.7 Å². The molecule has 0 saturated carbocycles. The number of likely N-dealkylation sites (tertiary alicyclic amines) is 1. The predicted molar refractivity (Wildman–Crippen MR) is 67.0 cm³/mol. The third kappa shape index (κ3) is 3.09. The molecule has 7 nitrogen and oxygen atoms in total. The molecule has 0 spiro atoms. The first kappa shape index (κ1) is 14.8. The number of carboxylic acid groups (broad SMARTS) is 2. The lowest BCUT2D eigenvalue weighted by Gasteiger charge is -2.37. The zero-order valence-corrected chi connectivity index (χ0v) is 11.2. The molecule has 2 aliphatic rings. The number of rotatable bonds is 3. The van der Waals surface area contributed by atoms with Gasteiger partial charge in [0.25, 0.3) is 5.91 Å². The van der Waals surface area contributed by atoms with Crippen molar-refractivity contribution in [3.63, 3.8) is 0 Å². The number of carbonyl (C=O) groups is 3. The third-order valence-electron chi connectivity index (χ3n) is 4.01. The SMILES string of the molecule is O=C(O)C1CCN(C(=O)C2CCCCO2)CC1C(=O)O. The van der Waals surface area contributed by atoms with E-state index in [1.807, 2.05) is 0 Å². The zero-order valence-electron chi connectivity index (χ0n) is 11.2. The van der Waals surface area contributed by atoms with Crippen LogP contribution in [-0.2, 0) is 19.1 Å². The first-order valence-electron chi connectivity index (χ1n) is 6.86. The van der Waals surface area contributed by atoms with Gasteiger partial charge < -0.3 is 19.8 Å². The molecular weight excluding hydrogens is 266 g/mol. The Balaban J connectivity index is 2.02. The standard InChI is InChI=1S/C13H19NO6/c15-11(10-3-1-2-6-20-10)14-5-4-8(12(16)17)9(7-14)13(18)19/h8-10H,1-7H2,(H,16,17)(H,18,19). The fraction of sp³-hybridized carbons (Fsp3) is 0.769. The van der Waals surface area contributed by atoms with Crippen molar-refractivity contribution < 1.29 is 29.3 Å². The van der Waals surface area contributed by atoms with Crippen LogP contribution in [0.3, 0.4) is 0 Å². The minimum Gasteiger partial charge on any atom is -0.481 e. The molecule has 0 radical (unpaired) electrons. The van der Waals surface area contributed by atoms with Gasteiger partial charge in [-0.25, -0.2) is 0 Å². The van der Waals surface area contributed by atoms with Crippen LogP contribution in [-0.4, -0.2) is 58.8 Å². The molecule has 7 heteroatoms. The predicted octanol–water partition coefficient (Wildman–Crippen LogP) is 0.189. The quantitative estimate of drug-likeness (QED) is 0.767. The number of piperidine rings is 1. The van der Waals surface area contributed by atoms with Crippen LogP contribution in [0.1, 0.15) is 25.7 Å². The molecule has 2 rings (SSSR count). The molecule has 0 bridgehead atoms. The van der Waals surface area contributed by atoms with Gasteiger partial charge in [-0.3, -0.25) is 14.4 Å². The van der Waals surface area contributed by atoms with E-state index in [4.69, 9.17) is 14.9 Å². The number of carboxylic acids is 2. The van der Waals surface area contributed by atoms with Crippen LogP contribution in [0, 0.1) is 11.8 Å². The van der Waals surface area contributed by atoms with Gasteiger partial charge in [-0.1, -0.05) is 0 Å². The topological polar surface area (TPSA) is 104 Å². The van der Waals surface area contributed by atoms with Crippen LogP contribution in [0.25, 0.3) is 0 Å². The number of amides is 1. The van der Waals surface area contributed by atoms with E-state index in [0.29, 0.717) is 13.0 Å². The van der Waals surface area contributed by atoms with Crippen molar-refractivity contribution in [3.8, 4) is 0 Å². The summed E-state index contributed by atoms with van der Waals surface area (Å²) in [6, 6.07) is 0. The van der Waals surface area contributed by atoms with E-state index >= 15 is 0 Å². The van der Waals surface area contributed by atoms with E-state index in [1.165, 1.54) is 4.90 Å². The monoisotopic (exact) mass is 285 g/mol. The fourth-order valence-corrected chi connectivity index (χ4v) is 2.84. The van der Waals surface area contributed by atoms with Crippen LogP contribution in [0.2, 0.25) is 0 Å². The lowest BCUT2D eigenvalue weighted by atomic mass is 9.85. The Morgan fingerprint density at radius 3 is 2.25 bits per heavy atom. The largest absolute Gasteiger partial charge is 0.481 e. The summed E-state index contributed by atoms with van der Waals surface area (Å²) in [5, 5.41) is 18.2. The van der Waals surface area contributed by atoms with Crippen molar-refractivity contribution in [1.82, 2.24) is 4.90 Å². The summed E-state index contributed by atoms with van der Waals surface area (Å²) < 4.78 is 5.41. The summed E-state index contributed by atoms with van der Waals surface area (Å²) in [6.45, 7) is 0.773. The second-order valence-corrected chi connectivity index (χ2v) is 5.32. The van der Waals surface area contributed by atoms with Crippen LogP contribution in [0.4, 0.5) is 0 Å². The molecule has 2 aliphatic heterocycles. The van der Waals surface area contributed by atoms with E-state index in [2.05, 4.69) is 0 Å². The Morgan fingerprint density at radius 2 is 1.70 bits per heavy atom. The van der Waals surface area contributed by atoms with Gasteiger partial charge in [0.1, 0.15) is 6.10 Å². The molecule has 20 heavy (non-hydrogen) atoms. The first-order chi connectivity index (χ1) is 9.50. The summed E-state index contributed by atoms with van der Waals surface area (Å²) in [6.07, 6.45) is 2.17. The molecule has 0 aromatic rings. The minimum absolute atomic E-state index is 0.0506. The Labute approximate surface area is 116 Å². The average molecular weight is 285 g/mol. The van der Waals surface area contributed by atoms with Gasteiger partial charge in [0.15, 0.2) is 0 Å². The van der Waals surface area contributed by atoms with Gasteiger partial charge in [-0.15, -0.1) is 0 Å². The van der Waals surface area contributed by atoms with Crippen LogP contribution in [0.5, 0.6) is 0 Å². The smallest absolute Gasteiger partial charge is 0.309 e. The van der Waals surface area contributed by atoms with Crippen LogP contribution >= 0.6 is 0 Å². The summed E-state index contributed by atoms with van der Waals surface area (Å²) in [7, 11) is 0. The fourth-order valence-electron chi connectivity index (χ4n) is 2.84. The van der Waals surface area contributed by atoms with Crippen LogP contribution in [0.15, 0.2) is 0 Å². The zero-order chi connectivity index (χ0) is 14.7. The van der Waals surface area contributed by atoms with E-state index in [-0.39, 0.29) is 25.4 Å². The van der Waals surface area contributed by atoms with Crippen molar-refractivity contribution >= 4 is 17.8 Å². The molecule has 2 heterocycles. The van der Waals surface area contributed by atoms with Crippen molar-refractivity contribution in [2.45, 2.75) is 31.8 Å². The van der Waals surface area contributed by atoms with Gasteiger partial charge >= 0.3 is 11.9 Å². The lowest BCUT2D eigenvalue weighted by Crippen LogP contribution is -2.52. The molecular formula is C13H19NO6. The Kier molecular flexibility index (Phi) is 4.59. The maximum Gasteiger partial charge on any atom is 0.309 e. The Hall–Kier alpha value is -1.63. The number of carbonyl (C=O) groups excluding carboxylic acids is 1. The van der Waals surface area contributed by atoms with Gasteiger partial charge in [-0.05, 0) is 25.7 Å². The second kappa shape index (κ2) is 6.21. The maximum absolute atomic E-state index is 12.3. The summed E-state index contributed by atoms with van der Waals surface area (Å²) >= 11 is 0. The third-order valence-corrected chi connectivity index (χ3v) is 4.01. The van der Waals surface area contributed by atoms with Gasteiger partial charge in [0.05, 0.1) is 11.8 Å². The molecule has 3 atom stereocenters. The summed E-state index contributed by atoms with van der Waals surface area (Å²) in [4.78, 5) is 35.9. The van der Waals surface area contributed by atoms with Crippen molar-refractivity contribution in [2.24, 2.45) is 11.8 Å². The van der Waals surface area contributed by atoms with Gasteiger partial charge in [-0.2, -0.15) is 0 Å². The number of hydrogen-bond acceptors (Lipinski definition) is 4. The molecule has 0 aliphatic carbocycles. The summed E-state index contributed by atoms with van der Waals surface area (Å²) in [5.74, 6) is -4.46. The molecule has 2 fully saturated rings. The number of ether oxygens (including phenoxy) is 1. The highest BCUT2D eigenvalue weighted by atomic mass is 16.5. The summed E-state index contributed by atoms with van der Waals surface area (Å²) in [5.41, 5.74) is 0. The molecule has 2 saturated heterocycles. The van der Waals surface area contributed by atoms with Crippen molar-refractivity contribution in [3.05, 3.63) is 0 Å². The number of aliphatic carboxylic acids is 2. The maximum atomic E-state index is 12.3. The molecule has 0 aromatic carbocycles. The highest BCUT2D eigenvalue weighted by Gasteiger charge is 2.41. The van der Waals surface area contributed by atoms with E-state index in [9.17, 15) is 14.4 Å². The Bertz CT molecular complexity index is 404. The Morgan fingerprint density at radius 1 is 1.00 bits per heavy atom. The molecule has 1 amide bonds. The molecule has 2 N–H and O–H groups in total. The minimum atomic E-state index is -1.17. The van der Waals surface area contributed by atoms with Crippen LogP contribution < -0.4 is 0 Å². The normalized spacial score (nSPS) is 30.8. The average Bonchev–Trinajstić information content (AvgIpc) is 2.46. The number of nitrogens with zero attached hydrogens (tertiary/aromatic N) is 1. The molecule has 0 aromatic heterocycles. The second-order valence-electron chi connectivity index (χ2n) is 5.32.